The van der Waals surface area contributed by atoms with E-state index in [1.807, 2.05) is 0 Å². The molecule has 0 spiro atoms. The number of aliphatic hydroxyl groups is 5. The van der Waals surface area contributed by atoms with Crippen LogP contribution in [0.25, 0.3) is 0 Å². The molecule has 2 amide bonds. The first-order valence-corrected chi connectivity index (χ1v) is 11.1. The average molecular weight is 504 g/mol. The minimum atomic E-state index is -5.17. The van der Waals surface area contributed by atoms with Gasteiger partial charge in [0.25, 0.3) is 0 Å². The number of nitrogens with one attached hydrogen (secondary N) is 2. The van der Waals surface area contributed by atoms with Gasteiger partial charge in [-0.2, -0.15) is 8.42 Å². The molecule has 8 N–H and O–H groups in total. The number of hydrogen-bond donors (Lipinski definition) is 8. The molecule has 2 heterocycles. The predicted molar refractivity (Wildman–Crippen MR) is 102 cm³/mol. The third-order valence-corrected chi connectivity index (χ3v) is 5.46. The van der Waals surface area contributed by atoms with Crippen LogP contribution in [-0.4, -0.2) is 125 Å². The third kappa shape index (κ3) is 6.99. The molecule has 0 radical (unpaired) electrons. The zero-order valence-electron chi connectivity index (χ0n) is 17.5. The van der Waals surface area contributed by atoms with Crippen molar-refractivity contribution in [2.75, 3.05) is 13.2 Å². The minimum absolute atomic E-state index is 0.641. The van der Waals surface area contributed by atoms with E-state index in [0.29, 0.717) is 0 Å². The molecule has 16 nitrogen and oxygen atoms in total. The summed E-state index contributed by atoms with van der Waals surface area (Å²) >= 11 is 0. The Morgan fingerprint density at radius 3 is 1.91 bits per heavy atom. The number of carbonyl (C=O) groups excluding carboxylic acids is 2. The normalized spacial score (nSPS) is 39.6. The van der Waals surface area contributed by atoms with Gasteiger partial charge in [0.05, 0.1) is 13.2 Å². The van der Waals surface area contributed by atoms with Crippen LogP contribution in [-0.2, 0) is 38.4 Å². The number of hydrogen-bond acceptors (Lipinski definition) is 13. The molecule has 2 rings (SSSR count). The van der Waals surface area contributed by atoms with Gasteiger partial charge >= 0.3 is 10.4 Å². The van der Waals surface area contributed by atoms with Gasteiger partial charge in [0.15, 0.2) is 12.6 Å². The zero-order chi connectivity index (χ0) is 25.1. The van der Waals surface area contributed by atoms with E-state index in [4.69, 9.17) is 18.8 Å². The molecule has 0 aliphatic carbocycles. The Kier molecular flexibility index (Phi) is 9.48. The second-order valence-corrected chi connectivity index (χ2v) is 8.54. The fraction of sp³-hybridized carbons (Fsp3) is 0.875. The fourth-order valence-electron chi connectivity index (χ4n) is 3.62. The summed E-state index contributed by atoms with van der Waals surface area (Å²) in [6.07, 6.45) is -13.4. The molecule has 0 unspecified atom stereocenters. The van der Waals surface area contributed by atoms with Crippen molar-refractivity contribution in [1.29, 1.82) is 0 Å². The Morgan fingerprint density at radius 1 is 0.879 bits per heavy atom. The van der Waals surface area contributed by atoms with Gasteiger partial charge in [-0.15, -0.1) is 0 Å². The van der Waals surface area contributed by atoms with E-state index in [0.717, 1.165) is 13.8 Å². The summed E-state index contributed by atoms with van der Waals surface area (Å²) in [4.78, 5) is 23.1. The first-order chi connectivity index (χ1) is 15.3. The Balaban J connectivity index is 2.39. The highest BCUT2D eigenvalue weighted by molar-refractivity contribution is 7.80. The number of ether oxygens (including phenoxy) is 3. The Morgan fingerprint density at radius 2 is 1.42 bits per heavy atom. The van der Waals surface area contributed by atoms with Crippen LogP contribution in [0.4, 0.5) is 0 Å². The fourth-order valence-corrected chi connectivity index (χ4v) is 4.14. The first-order valence-electron chi connectivity index (χ1n) is 9.71. The van der Waals surface area contributed by atoms with E-state index in [-0.39, 0.29) is 0 Å². The molecular weight excluding hydrogens is 476 g/mol. The van der Waals surface area contributed by atoms with Crippen LogP contribution in [0.15, 0.2) is 0 Å². The van der Waals surface area contributed by atoms with Gasteiger partial charge in [-0.3, -0.25) is 14.1 Å². The Bertz CT molecular complexity index is 796. The highest BCUT2D eigenvalue weighted by atomic mass is 32.3. The molecule has 2 saturated heterocycles. The van der Waals surface area contributed by atoms with Crippen LogP contribution in [0.2, 0.25) is 0 Å². The van der Waals surface area contributed by atoms with E-state index >= 15 is 0 Å². The standard InChI is InChI=1S/C16H28N2O14S/c1-5(21)17-9-12(24)13(8(4-20)29-15(9)25)31-16-10(18-6(2)22)14(32-33(26,27)28)11(23)7(3-19)30-16/h7-16,19-20,23-25H,3-4H2,1-2H3,(H,17,21)(H,18,22)(H,26,27,28)/t7-,8-,9-,10-,11+,12-,13-,14-,15-,16+/m1/s1. The van der Waals surface area contributed by atoms with Crippen molar-refractivity contribution in [2.24, 2.45) is 0 Å². The monoisotopic (exact) mass is 504 g/mol. The quantitative estimate of drug-likeness (QED) is 0.144. The lowest BCUT2D eigenvalue weighted by Gasteiger charge is -2.47. The van der Waals surface area contributed by atoms with Crippen LogP contribution in [0.1, 0.15) is 13.8 Å². The van der Waals surface area contributed by atoms with Gasteiger partial charge < -0.3 is 50.4 Å². The largest absolute Gasteiger partial charge is 0.397 e. The topological polar surface area (TPSA) is 251 Å². The van der Waals surface area contributed by atoms with Crippen molar-refractivity contribution in [3.05, 3.63) is 0 Å². The number of carbonyl (C=O) groups is 2. The molecular formula is C16H28N2O14S. The molecule has 10 atom stereocenters. The molecule has 0 saturated carbocycles. The van der Waals surface area contributed by atoms with Gasteiger partial charge in [-0.25, -0.2) is 4.18 Å². The van der Waals surface area contributed by atoms with Crippen molar-refractivity contribution >= 4 is 22.2 Å². The van der Waals surface area contributed by atoms with E-state index < -0.39 is 96.7 Å². The molecule has 192 valence electrons. The smallest absolute Gasteiger partial charge is 0.394 e. The molecule has 2 aliphatic rings. The van der Waals surface area contributed by atoms with Crippen molar-refractivity contribution in [3.8, 4) is 0 Å². The summed E-state index contributed by atoms with van der Waals surface area (Å²) in [5, 5.41) is 54.6. The average Bonchev–Trinajstić information content (AvgIpc) is 2.70. The number of amides is 2. The van der Waals surface area contributed by atoms with Crippen molar-refractivity contribution in [3.63, 3.8) is 0 Å². The van der Waals surface area contributed by atoms with Crippen molar-refractivity contribution < 1.29 is 66.5 Å². The van der Waals surface area contributed by atoms with Crippen LogP contribution in [0, 0.1) is 0 Å². The maximum atomic E-state index is 11.7. The lowest BCUT2D eigenvalue weighted by atomic mass is 9.94. The Labute approximate surface area is 188 Å². The summed E-state index contributed by atoms with van der Waals surface area (Å²) in [5.74, 6) is -1.40. The summed E-state index contributed by atoms with van der Waals surface area (Å²) < 4.78 is 52.4. The lowest BCUT2D eigenvalue weighted by Crippen LogP contribution is -2.69. The Hall–Kier alpha value is -1.51. The van der Waals surface area contributed by atoms with Crippen LogP contribution in [0.3, 0.4) is 0 Å². The maximum absolute atomic E-state index is 11.7. The first kappa shape index (κ1) is 27.7. The summed E-state index contributed by atoms with van der Waals surface area (Å²) in [7, 11) is -5.17. The minimum Gasteiger partial charge on any atom is -0.394 e. The second-order valence-electron chi connectivity index (χ2n) is 7.50. The lowest BCUT2D eigenvalue weighted by molar-refractivity contribution is -0.326. The number of rotatable bonds is 8. The van der Waals surface area contributed by atoms with E-state index in [1.165, 1.54) is 0 Å². The second kappa shape index (κ2) is 11.3. The summed E-state index contributed by atoms with van der Waals surface area (Å²) in [6, 6.07) is -3.04. The zero-order valence-corrected chi connectivity index (χ0v) is 18.4. The SMILES string of the molecule is CC(=O)N[C@@H]1[C@@H](O)[C@H](O[C@@H]2O[C@H](CO)[C@H](O)[C@H](OS(=O)(=O)O)[C@H]2NC(C)=O)[C@@H](CO)O[C@H]1O. The molecule has 0 aromatic carbocycles. The molecule has 2 aliphatic heterocycles. The predicted octanol–water partition coefficient (Wildman–Crippen LogP) is -5.28. The molecule has 2 fully saturated rings. The van der Waals surface area contributed by atoms with Crippen molar-refractivity contribution in [2.45, 2.75) is 75.1 Å². The molecule has 0 bridgehead atoms. The number of aliphatic hydroxyl groups excluding tert-OH is 5. The van der Waals surface area contributed by atoms with Crippen LogP contribution >= 0.6 is 0 Å². The van der Waals surface area contributed by atoms with Crippen molar-refractivity contribution in [1.82, 2.24) is 10.6 Å². The van der Waals surface area contributed by atoms with E-state index in [1.54, 1.807) is 0 Å². The van der Waals surface area contributed by atoms with E-state index in [2.05, 4.69) is 14.8 Å². The van der Waals surface area contributed by atoms with Gasteiger partial charge in [0.2, 0.25) is 11.8 Å². The molecule has 0 aromatic rings. The van der Waals surface area contributed by atoms with E-state index in [9.17, 15) is 43.5 Å². The highest BCUT2D eigenvalue weighted by Crippen LogP contribution is 2.30. The molecule has 0 aromatic heterocycles. The summed E-state index contributed by atoms with van der Waals surface area (Å²) in [5.41, 5.74) is 0. The highest BCUT2D eigenvalue weighted by Gasteiger charge is 2.53. The third-order valence-electron chi connectivity index (χ3n) is 4.99. The van der Waals surface area contributed by atoms with Gasteiger partial charge in [0, 0.05) is 13.8 Å². The molecule has 33 heavy (non-hydrogen) atoms. The van der Waals surface area contributed by atoms with Gasteiger partial charge in [-0.05, 0) is 0 Å². The van der Waals surface area contributed by atoms with Gasteiger partial charge in [0.1, 0.15) is 48.7 Å². The molecule has 17 heteroatoms. The van der Waals surface area contributed by atoms with Gasteiger partial charge in [-0.1, -0.05) is 0 Å². The maximum Gasteiger partial charge on any atom is 0.397 e. The summed E-state index contributed by atoms with van der Waals surface area (Å²) in [6.45, 7) is 0.471. The van der Waals surface area contributed by atoms with Crippen LogP contribution < -0.4 is 10.6 Å². The van der Waals surface area contributed by atoms with Crippen LogP contribution in [0.5, 0.6) is 0 Å².